The maximum absolute atomic E-state index is 11.1. The monoisotopic (exact) mass is 290 g/mol. The molecule has 1 atom stereocenters. The van der Waals surface area contributed by atoms with Gasteiger partial charge in [0.25, 0.3) is 0 Å². The summed E-state index contributed by atoms with van der Waals surface area (Å²) in [5.41, 5.74) is 0.870. The van der Waals surface area contributed by atoms with Crippen LogP contribution in [0.1, 0.15) is 22.5 Å². The Balaban J connectivity index is 0.00000162. The molecule has 0 aliphatic carbocycles. The van der Waals surface area contributed by atoms with Crippen LogP contribution in [-0.2, 0) is 6.42 Å². The predicted octanol–water partition coefficient (Wildman–Crippen LogP) is 2.35. The molecule has 0 spiro atoms. The summed E-state index contributed by atoms with van der Waals surface area (Å²) in [7, 11) is 2.07. The van der Waals surface area contributed by atoms with E-state index in [1.165, 1.54) is 12.1 Å². The lowest BCUT2D eigenvalue weighted by atomic mass is 9.99. The molecule has 0 bridgehead atoms. The first kappa shape index (κ1) is 15.2. The molecule has 0 saturated carbocycles. The predicted molar refractivity (Wildman–Crippen MR) is 72.8 cm³/mol. The number of aromatic carboxylic acids is 1. The number of aromatic nitrogens is 1. The zero-order chi connectivity index (χ0) is 12.4. The lowest BCUT2D eigenvalue weighted by Crippen LogP contribution is -2.16. The third-order valence-corrected chi connectivity index (χ3v) is 3.35. The molecule has 18 heavy (non-hydrogen) atoms. The topological polar surface area (TPSA) is 53.4 Å². The lowest BCUT2D eigenvalue weighted by molar-refractivity contribution is 0.0695. The zero-order valence-corrected chi connectivity index (χ0v) is 11.7. The average Bonchev–Trinajstić information content (AvgIpc) is 2.63. The van der Waals surface area contributed by atoms with E-state index in [0.717, 1.165) is 19.5 Å². The SMILES string of the molecule is CN1CCC(Cc2nc(Cl)ccc2C(=O)O)C1.Cl. The van der Waals surface area contributed by atoms with Crippen LogP contribution in [0.5, 0.6) is 0 Å². The van der Waals surface area contributed by atoms with Gasteiger partial charge in [0.05, 0.1) is 11.3 Å². The molecule has 0 radical (unpaired) electrons. The first-order valence-corrected chi connectivity index (χ1v) is 6.01. The van der Waals surface area contributed by atoms with Crippen molar-refractivity contribution in [2.75, 3.05) is 20.1 Å². The summed E-state index contributed by atoms with van der Waals surface area (Å²) in [5.74, 6) is -0.459. The number of rotatable bonds is 3. The Bertz CT molecular complexity index is 440. The van der Waals surface area contributed by atoms with E-state index < -0.39 is 5.97 Å². The molecule has 1 N–H and O–H groups in total. The summed E-state index contributed by atoms with van der Waals surface area (Å²) in [5, 5.41) is 9.45. The number of nitrogens with zero attached hydrogens (tertiary/aromatic N) is 2. The molecular formula is C12H16Cl2N2O2. The van der Waals surface area contributed by atoms with E-state index in [1.54, 1.807) is 0 Å². The van der Waals surface area contributed by atoms with Gasteiger partial charge in [-0.1, -0.05) is 11.6 Å². The molecule has 0 amide bonds. The summed E-state index contributed by atoms with van der Waals surface area (Å²) < 4.78 is 0. The fourth-order valence-corrected chi connectivity index (χ4v) is 2.46. The minimum absolute atomic E-state index is 0. The van der Waals surface area contributed by atoms with Crippen molar-refractivity contribution in [3.63, 3.8) is 0 Å². The smallest absolute Gasteiger partial charge is 0.337 e. The Kier molecular flexibility index (Phi) is 5.38. The van der Waals surface area contributed by atoms with Gasteiger partial charge in [0, 0.05) is 6.54 Å². The molecule has 0 aromatic carbocycles. The van der Waals surface area contributed by atoms with Gasteiger partial charge in [-0.3, -0.25) is 0 Å². The number of pyridine rings is 1. The molecule has 1 unspecified atom stereocenters. The number of carbonyl (C=O) groups is 1. The van der Waals surface area contributed by atoms with Crippen LogP contribution >= 0.6 is 24.0 Å². The van der Waals surface area contributed by atoms with Gasteiger partial charge in [-0.05, 0) is 44.5 Å². The van der Waals surface area contributed by atoms with E-state index in [0.29, 0.717) is 23.2 Å². The molecule has 1 aromatic rings. The highest BCUT2D eigenvalue weighted by molar-refractivity contribution is 6.29. The molecule has 2 heterocycles. The fourth-order valence-electron chi connectivity index (χ4n) is 2.29. The number of carboxylic acid groups (broad SMARTS) is 1. The van der Waals surface area contributed by atoms with Crippen LogP contribution < -0.4 is 0 Å². The second kappa shape index (κ2) is 6.36. The molecular weight excluding hydrogens is 275 g/mol. The van der Waals surface area contributed by atoms with Crippen molar-refractivity contribution in [1.29, 1.82) is 0 Å². The molecule has 1 aromatic heterocycles. The Morgan fingerprint density at radius 3 is 2.89 bits per heavy atom. The maximum atomic E-state index is 11.1. The maximum Gasteiger partial charge on any atom is 0.337 e. The average molecular weight is 291 g/mol. The van der Waals surface area contributed by atoms with E-state index in [4.69, 9.17) is 16.7 Å². The Morgan fingerprint density at radius 2 is 2.33 bits per heavy atom. The van der Waals surface area contributed by atoms with Crippen molar-refractivity contribution in [2.45, 2.75) is 12.8 Å². The van der Waals surface area contributed by atoms with E-state index in [-0.39, 0.29) is 18.0 Å². The summed E-state index contributed by atoms with van der Waals surface area (Å²) in [6.45, 7) is 2.06. The number of hydrogen-bond acceptors (Lipinski definition) is 3. The Hall–Kier alpha value is -0.840. The van der Waals surface area contributed by atoms with Gasteiger partial charge < -0.3 is 10.0 Å². The van der Waals surface area contributed by atoms with Crippen LogP contribution in [0.15, 0.2) is 12.1 Å². The van der Waals surface area contributed by atoms with E-state index in [1.807, 2.05) is 0 Å². The van der Waals surface area contributed by atoms with Crippen molar-refractivity contribution in [3.05, 3.63) is 28.5 Å². The first-order valence-electron chi connectivity index (χ1n) is 5.63. The van der Waals surface area contributed by atoms with Gasteiger partial charge in [0.15, 0.2) is 0 Å². The van der Waals surface area contributed by atoms with Gasteiger partial charge in [0.2, 0.25) is 0 Å². The second-order valence-corrected chi connectivity index (χ2v) is 4.94. The summed E-state index contributed by atoms with van der Waals surface area (Å²) in [6.07, 6.45) is 1.77. The van der Waals surface area contributed by atoms with E-state index in [9.17, 15) is 4.79 Å². The molecule has 100 valence electrons. The molecule has 2 rings (SSSR count). The summed E-state index contributed by atoms with van der Waals surface area (Å²) >= 11 is 5.82. The lowest BCUT2D eigenvalue weighted by Gasteiger charge is -2.11. The quantitative estimate of drug-likeness (QED) is 0.869. The fraction of sp³-hybridized carbons (Fsp3) is 0.500. The highest BCUT2D eigenvalue weighted by Gasteiger charge is 2.22. The van der Waals surface area contributed by atoms with Gasteiger partial charge in [-0.25, -0.2) is 9.78 Å². The van der Waals surface area contributed by atoms with Crippen molar-refractivity contribution in [3.8, 4) is 0 Å². The largest absolute Gasteiger partial charge is 0.478 e. The van der Waals surface area contributed by atoms with Crippen LogP contribution in [0.4, 0.5) is 0 Å². The highest BCUT2D eigenvalue weighted by atomic mass is 35.5. The van der Waals surface area contributed by atoms with Crippen LogP contribution in [0.25, 0.3) is 0 Å². The molecule has 1 aliphatic rings. The minimum Gasteiger partial charge on any atom is -0.478 e. The number of carboxylic acids is 1. The zero-order valence-electron chi connectivity index (χ0n) is 10.1. The Morgan fingerprint density at radius 1 is 1.61 bits per heavy atom. The third kappa shape index (κ3) is 3.57. The number of hydrogen-bond donors (Lipinski definition) is 1. The standard InChI is InChI=1S/C12H15ClN2O2.ClH/c1-15-5-4-8(7-15)6-10-9(12(16)17)2-3-11(13)14-10;/h2-3,8H,4-7H2,1H3,(H,16,17);1H. The molecule has 1 aliphatic heterocycles. The number of likely N-dealkylation sites (tertiary alicyclic amines) is 1. The summed E-state index contributed by atoms with van der Waals surface area (Å²) in [6, 6.07) is 3.06. The second-order valence-electron chi connectivity index (χ2n) is 4.55. The van der Waals surface area contributed by atoms with Crippen LogP contribution in [0, 0.1) is 5.92 Å². The van der Waals surface area contributed by atoms with Crippen molar-refractivity contribution in [1.82, 2.24) is 9.88 Å². The first-order chi connectivity index (χ1) is 8.06. The highest BCUT2D eigenvalue weighted by Crippen LogP contribution is 2.21. The van der Waals surface area contributed by atoms with Crippen LogP contribution in [0.3, 0.4) is 0 Å². The van der Waals surface area contributed by atoms with E-state index >= 15 is 0 Å². The van der Waals surface area contributed by atoms with Gasteiger partial charge >= 0.3 is 5.97 Å². The normalized spacial score (nSPS) is 19.6. The minimum atomic E-state index is -0.935. The van der Waals surface area contributed by atoms with Crippen molar-refractivity contribution < 1.29 is 9.90 Å². The third-order valence-electron chi connectivity index (χ3n) is 3.14. The molecule has 6 heteroatoms. The Labute approximate surface area is 117 Å². The van der Waals surface area contributed by atoms with E-state index in [2.05, 4.69) is 16.9 Å². The van der Waals surface area contributed by atoms with Crippen LogP contribution in [0.2, 0.25) is 5.15 Å². The summed E-state index contributed by atoms with van der Waals surface area (Å²) in [4.78, 5) is 17.5. The molecule has 1 fully saturated rings. The van der Waals surface area contributed by atoms with Gasteiger partial charge in [-0.15, -0.1) is 12.4 Å². The van der Waals surface area contributed by atoms with Gasteiger partial charge in [-0.2, -0.15) is 0 Å². The molecule has 4 nitrogen and oxygen atoms in total. The van der Waals surface area contributed by atoms with Crippen molar-refractivity contribution in [2.24, 2.45) is 5.92 Å². The van der Waals surface area contributed by atoms with Gasteiger partial charge in [0.1, 0.15) is 5.15 Å². The van der Waals surface area contributed by atoms with Crippen LogP contribution in [-0.4, -0.2) is 41.1 Å². The molecule has 1 saturated heterocycles. The van der Waals surface area contributed by atoms with Crippen molar-refractivity contribution >= 4 is 30.0 Å². The number of halogens is 2.